The summed E-state index contributed by atoms with van der Waals surface area (Å²) in [6, 6.07) is 6.85. The van der Waals surface area contributed by atoms with E-state index in [-0.39, 0.29) is 23.7 Å². The molecule has 0 fully saturated rings. The van der Waals surface area contributed by atoms with Gasteiger partial charge < -0.3 is 9.64 Å². The molecule has 1 aromatic heterocycles. The summed E-state index contributed by atoms with van der Waals surface area (Å²) in [6.45, 7) is 0.00929. The third-order valence-corrected chi connectivity index (χ3v) is 3.15. The van der Waals surface area contributed by atoms with Crippen LogP contribution in [0.2, 0.25) is 0 Å². The number of ether oxygens (including phenoxy) is 1. The fourth-order valence-electron chi connectivity index (χ4n) is 1.95. The summed E-state index contributed by atoms with van der Waals surface area (Å²) < 4.78 is 42.1. The van der Waals surface area contributed by atoms with Crippen LogP contribution in [0.5, 0.6) is 5.75 Å². The second kappa shape index (κ2) is 6.19. The Hall–Kier alpha value is -2.71. The normalized spacial score (nSPS) is 11.3. The first-order valence-corrected chi connectivity index (χ1v) is 6.52. The van der Waals surface area contributed by atoms with Crippen molar-refractivity contribution in [1.82, 2.24) is 9.55 Å². The summed E-state index contributed by atoms with van der Waals surface area (Å²) in [5.41, 5.74) is -0.872. The number of rotatable bonds is 4. The zero-order chi connectivity index (χ0) is 17.2. The van der Waals surface area contributed by atoms with Crippen molar-refractivity contribution in [2.24, 2.45) is 7.05 Å². The number of halogens is 3. The highest BCUT2D eigenvalue weighted by Crippen LogP contribution is 2.27. The molecule has 2 aromatic rings. The van der Waals surface area contributed by atoms with Gasteiger partial charge in [0.15, 0.2) is 0 Å². The lowest BCUT2D eigenvalue weighted by Crippen LogP contribution is -2.34. The number of aromatic nitrogens is 2. The Labute approximate surface area is 128 Å². The van der Waals surface area contributed by atoms with Crippen molar-refractivity contribution in [3.63, 3.8) is 0 Å². The van der Waals surface area contributed by atoms with E-state index in [1.807, 2.05) is 0 Å². The molecule has 9 heteroatoms. The Kier molecular flexibility index (Phi) is 4.48. The summed E-state index contributed by atoms with van der Waals surface area (Å²) in [7, 11) is 2.85. The Morgan fingerprint density at radius 1 is 1.26 bits per heavy atom. The lowest BCUT2D eigenvalue weighted by atomic mass is 10.2. The van der Waals surface area contributed by atoms with Crippen molar-refractivity contribution < 1.29 is 17.9 Å². The average Bonchev–Trinajstić information content (AvgIpc) is 2.44. The fourth-order valence-corrected chi connectivity index (χ4v) is 1.95. The number of nitrogens with zero attached hydrogens (tertiary/aromatic N) is 2. The average molecular weight is 329 g/mol. The van der Waals surface area contributed by atoms with Crippen LogP contribution >= 0.6 is 0 Å². The van der Waals surface area contributed by atoms with Crippen molar-refractivity contribution in [1.29, 1.82) is 0 Å². The smallest absolute Gasteiger partial charge is 0.405 e. The maximum atomic E-state index is 12.4. The molecular weight excluding hydrogens is 315 g/mol. The molecule has 0 bridgehead atoms. The minimum absolute atomic E-state index is 0.00929. The van der Waals surface area contributed by atoms with Crippen molar-refractivity contribution in [3.8, 4) is 5.75 Å². The molecule has 0 atom stereocenters. The molecule has 1 aromatic carbocycles. The fraction of sp³-hybridized carbons (Fsp3) is 0.286. The van der Waals surface area contributed by atoms with E-state index in [2.05, 4.69) is 9.72 Å². The molecule has 1 N–H and O–H groups in total. The van der Waals surface area contributed by atoms with Gasteiger partial charge in [-0.2, -0.15) is 0 Å². The van der Waals surface area contributed by atoms with Gasteiger partial charge in [0.05, 0.1) is 0 Å². The Balaban J connectivity index is 2.29. The predicted octanol–water partition coefficient (Wildman–Crippen LogP) is 1.61. The number of benzene rings is 1. The van der Waals surface area contributed by atoms with Crippen molar-refractivity contribution in [3.05, 3.63) is 56.7 Å². The molecule has 6 nitrogen and oxygen atoms in total. The Morgan fingerprint density at radius 2 is 1.91 bits per heavy atom. The van der Waals surface area contributed by atoms with E-state index in [9.17, 15) is 22.8 Å². The first-order valence-electron chi connectivity index (χ1n) is 6.52. The molecule has 0 saturated heterocycles. The molecule has 0 aliphatic heterocycles. The van der Waals surface area contributed by atoms with Gasteiger partial charge in [0, 0.05) is 32.3 Å². The van der Waals surface area contributed by atoms with Crippen LogP contribution < -0.4 is 20.9 Å². The lowest BCUT2D eigenvalue weighted by Gasteiger charge is -2.21. The van der Waals surface area contributed by atoms with Gasteiger partial charge in [0.2, 0.25) is 0 Å². The van der Waals surface area contributed by atoms with Gasteiger partial charge in [0.25, 0.3) is 5.56 Å². The topological polar surface area (TPSA) is 67.3 Å². The summed E-state index contributed by atoms with van der Waals surface area (Å²) in [6.07, 6.45) is -4.80. The van der Waals surface area contributed by atoms with Gasteiger partial charge in [-0.1, -0.05) is 18.2 Å². The standard InChI is InChI=1S/C14H14F3N3O3/c1-19(11-7-12(21)20(2)13(22)18-11)8-9-5-3-4-6-10(9)23-14(15,16)17/h3-7H,8H2,1-2H3,(H,18,22). The third kappa shape index (κ3) is 4.15. The molecular formula is C14H14F3N3O3. The molecule has 1 heterocycles. The number of anilines is 1. The zero-order valence-electron chi connectivity index (χ0n) is 12.3. The van der Waals surface area contributed by atoms with Gasteiger partial charge in [-0.05, 0) is 6.07 Å². The van der Waals surface area contributed by atoms with Crippen molar-refractivity contribution in [2.45, 2.75) is 12.9 Å². The second-order valence-corrected chi connectivity index (χ2v) is 4.87. The van der Waals surface area contributed by atoms with Crippen LogP contribution in [0.3, 0.4) is 0 Å². The number of para-hydroxylation sites is 1. The molecule has 0 aliphatic carbocycles. The maximum absolute atomic E-state index is 12.4. The Morgan fingerprint density at radius 3 is 2.52 bits per heavy atom. The number of hydrogen-bond acceptors (Lipinski definition) is 4. The number of H-pyrrole nitrogens is 1. The van der Waals surface area contributed by atoms with Crippen LogP contribution in [0, 0.1) is 0 Å². The van der Waals surface area contributed by atoms with E-state index < -0.39 is 17.6 Å². The molecule has 23 heavy (non-hydrogen) atoms. The van der Waals surface area contributed by atoms with Gasteiger partial charge in [-0.15, -0.1) is 13.2 Å². The van der Waals surface area contributed by atoms with Crippen LogP contribution in [0.1, 0.15) is 5.56 Å². The highest BCUT2D eigenvalue weighted by Gasteiger charge is 2.32. The molecule has 124 valence electrons. The van der Waals surface area contributed by atoms with Crippen LogP contribution in [0.15, 0.2) is 39.9 Å². The maximum Gasteiger partial charge on any atom is 0.573 e. The predicted molar refractivity (Wildman–Crippen MR) is 77.5 cm³/mol. The quantitative estimate of drug-likeness (QED) is 0.925. The molecule has 2 rings (SSSR count). The molecule has 0 unspecified atom stereocenters. The third-order valence-electron chi connectivity index (χ3n) is 3.15. The van der Waals surface area contributed by atoms with E-state index in [0.717, 1.165) is 4.57 Å². The minimum atomic E-state index is -4.80. The monoisotopic (exact) mass is 329 g/mol. The van der Waals surface area contributed by atoms with Crippen molar-refractivity contribution in [2.75, 3.05) is 11.9 Å². The number of alkyl halides is 3. The van der Waals surface area contributed by atoms with Gasteiger partial charge >= 0.3 is 12.1 Å². The minimum Gasteiger partial charge on any atom is -0.405 e. The van der Waals surface area contributed by atoms with Gasteiger partial charge in [-0.25, -0.2) is 4.79 Å². The number of nitrogens with one attached hydrogen (secondary N) is 1. The lowest BCUT2D eigenvalue weighted by molar-refractivity contribution is -0.274. The number of aromatic amines is 1. The number of hydrogen-bond donors (Lipinski definition) is 1. The summed E-state index contributed by atoms with van der Waals surface area (Å²) in [4.78, 5) is 27.1. The summed E-state index contributed by atoms with van der Waals surface area (Å²) >= 11 is 0. The first kappa shape index (κ1) is 16.7. The summed E-state index contributed by atoms with van der Waals surface area (Å²) in [5.74, 6) is -0.141. The van der Waals surface area contributed by atoms with Gasteiger partial charge in [-0.3, -0.25) is 14.3 Å². The second-order valence-electron chi connectivity index (χ2n) is 4.87. The molecule has 0 radical (unpaired) electrons. The highest BCUT2D eigenvalue weighted by molar-refractivity contribution is 5.41. The molecule has 0 spiro atoms. The van der Waals surface area contributed by atoms with E-state index >= 15 is 0 Å². The Bertz CT molecular complexity index is 780. The van der Waals surface area contributed by atoms with Gasteiger partial charge in [0.1, 0.15) is 11.6 Å². The van der Waals surface area contributed by atoms with E-state index in [4.69, 9.17) is 0 Å². The van der Waals surface area contributed by atoms with Crippen LogP contribution in [0.25, 0.3) is 0 Å². The van der Waals surface area contributed by atoms with Crippen LogP contribution in [-0.4, -0.2) is 23.0 Å². The van der Waals surface area contributed by atoms with E-state index in [0.29, 0.717) is 0 Å². The largest absolute Gasteiger partial charge is 0.573 e. The van der Waals surface area contributed by atoms with Crippen molar-refractivity contribution >= 4 is 5.82 Å². The van der Waals surface area contributed by atoms with Crippen LogP contribution in [0.4, 0.5) is 19.0 Å². The highest BCUT2D eigenvalue weighted by atomic mass is 19.4. The van der Waals surface area contributed by atoms with Crippen LogP contribution in [-0.2, 0) is 13.6 Å². The molecule has 0 aliphatic rings. The molecule has 0 saturated carbocycles. The zero-order valence-corrected chi connectivity index (χ0v) is 12.3. The van der Waals surface area contributed by atoms with E-state index in [1.54, 1.807) is 6.07 Å². The summed E-state index contributed by atoms with van der Waals surface area (Å²) in [5, 5.41) is 0. The molecule has 0 amide bonds. The SMILES string of the molecule is CN(Cc1ccccc1OC(F)(F)F)c1cc(=O)n(C)c(=O)[nH]1. The van der Waals surface area contributed by atoms with E-state index in [1.165, 1.54) is 43.3 Å². The first-order chi connectivity index (χ1) is 10.7.